The summed E-state index contributed by atoms with van der Waals surface area (Å²) in [5.74, 6) is 0.939. The molecule has 0 unspecified atom stereocenters. The van der Waals surface area contributed by atoms with Gasteiger partial charge in [0, 0.05) is 32.1 Å². The van der Waals surface area contributed by atoms with Crippen molar-refractivity contribution >= 4 is 23.3 Å². The summed E-state index contributed by atoms with van der Waals surface area (Å²) in [5.41, 5.74) is 3.22. The van der Waals surface area contributed by atoms with Gasteiger partial charge in [-0.25, -0.2) is 4.98 Å². The van der Waals surface area contributed by atoms with Gasteiger partial charge in [0.25, 0.3) is 0 Å². The molecule has 2 N–H and O–H groups in total. The summed E-state index contributed by atoms with van der Waals surface area (Å²) in [7, 11) is 1.93. The van der Waals surface area contributed by atoms with Gasteiger partial charge in [-0.15, -0.1) is 0 Å². The van der Waals surface area contributed by atoms with E-state index in [1.165, 1.54) is 35.9 Å². The molecule has 1 aromatic carbocycles. The molecule has 0 spiro atoms. The van der Waals surface area contributed by atoms with Gasteiger partial charge in [0.2, 0.25) is 5.95 Å². The first-order chi connectivity index (χ1) is 15.3. The van der Waals surface area contributed by atoms with Crippen molar-refractivity contribution in [3.8, 4) is 0 Å². The van der Waals surface area contributed by atoms with Crippen LogP contribution in [0, 0.1) is 5.41 Å². The third kappa shape index (κ3) is 6.82. The number of aldehydes is 1. The number of halogens is 3. The molecular formula is C25H37F3N4O. The maximum Gasteiger partial charge on any atom is 0.394 e. The number of alkyl halides is 3. The number of rotatable bonds is 3. The number of hydrogen-bond donors (Lipinski definition) is 2. The molecule has 184 valence electrons. The summed E-state index contributed by atoms with van der Waals surface area (Å²) >= 11 is 0. The van der Waals surface area contributed by atoms with Gasteiger partial charge in [-0.1, -0.05) is 26.0 Å². The van der Waals surface area contributed by atoms with Gasteiger partial charge in [0.1, 0.15) is 6.29 Å². The topological polar surface area (TPSA) is 59.0 Å². The summed E-state index contributed by atoms with van der Waals surface area (Å²) in [5, 5.41) is 6.59. The maximum atomic E-state index is 11.9. The van der Waals surface area contributed by atoms with Crippen LogP contribution >= 0.6 is 0 Å². The number of benzene rings is 1. The largest absolute Gasteiger partial charge is 0.394 e. The van der Waals surface area contributed by atoms with Gasteiger partial charge in [0.15, 0.2) is 0 Å². The first-order valence-electron chi connectivity index (χ1n) is 11.4. The SMILES string of the molecule is C1=CCCC1.CC(C)(CC=O)C(F)(F)F.CNc1nc2cc3c(cc2n1C(C)(C)C)CNC3. The van der Waals surface area contributed by atoms with E-state index in [0.29, 0.717) is 0 Å². The van der Waals surface area contributed by atoms with E-state index in [4.69, 9.17) is 4.98 Å². The second-order valence-corrected chi connectivity index (χ2v) is 10.1. The standard InChI is InChI=1S/C14H20N4.C6H9F3O.C5H8/c1-14(2,3)18-12-6-10-8-16-7-9(10)5-11(12)17-13(18)15-4;1-5(2,3-4-10)6(7,8)9;1-2-4-5-3-1/h5-6,16H,7-8H2,1-4H3,(H,15,17);4H,3H2,1-2H3;1-2H,3-5H2. The number of allylic oxidation sites excluding steroid dienone is 2. The Labute approximate surface area is 194 Å². The molecule has 33 heavy (non-hydrogen) atoms. The zero-order valence-electron chi connectivity index (χ0n) is 20.6. The van der Waals surface area contributed by atoms with Crippen LogP contribution in [-0.4, -0.2) is 29.1 Å². The fraction of sp³-hybridized carbons (Fsp3) is 0.600. The molecule has 0 saturated heterocycles. The van der Waals surface area contributed by atoms with E-state index in [1.54, 1.807) is 0 Å². The van der Waals surface area contributed by atoms with E-state index in [1.807, 2.05) is 7.05 Å². The van der Waals surface area contributed by atoms with Crippen LogP contribution in [0.2, 0.25) is 0 Å². The van der Waals surface area contributed by atoms with Crippen molar-refractivity contribution < 1.29 is 18.0 Å². The second-order valence-electron chi connectivity index (χ2n) is 10.1. The highest BCUT2D eigenvalue weighted by Gasteiger charge is 2.46. The monoisotopic (exact) mass is 466 g/mol. The molecule has 1 aromatic heterocycles. The van der Waals surface area contributed by atoms with Crippen LogP contribution in [0.25, 0.3) is 11.0 Å². The van der Waals surface area contributed by atoms with Crippen molar-refractivity contribution in [1.82, 2.24) is 14.9 Å². The number of carbonyl (C=O) groups is 1. The Balaban J connectivity index is 0.000000216. The second kappa shape index (κ2) is 10.7. The maximum absolute atomic E-state index is 11.9. The molecule has 0 amide bonds. The van der Waals surface area contributed by atoms with Crippen molar-refractivity contribution in [2.75, 3.05) is 12.4 Å². The highest BCUT2D eigenvalue weighted by atomic mass is 19.4. The fourth-order valence-electron chi connectivity index (χ4n) is 3.63. The molecule has 0 saturated carbocycles. The van der Waals surface area contributed by atoms with E-state index in [-0.39, 0.29) is 11.8 Å². The number of hydrogen-bond acceptors (Lipinski definition) is 4. The van der Waals surface area contributed by atoms with Crippen LogP contribution in [0.3, 0.4) is 0 Å². The van der Waals surface area contributed by atoms with E-state index >= 15 is 0 Å². The average molecular weight is 467 g/mol. The van der Waals surface area contributed by atoms with E-state index in [9.17, 15) is 18.0 Å². The molecule has 2 heterocycles. The molecule has 1 aliphatic heterocycles. The molecule has 5 nitrogen and oxygen atoms in total. The highest BCUT2D eigenvalue weighted by Crippen LogP contribution is 2.39. The fourth-order valence-corrected chi connectivity index (χ4v) is 3.63. The third-order valence-corrected chi connectivity index (χ3v) is 5.77. The minimum atomic E-state index is -4.28. The Morgan fingerprint density at radius 2 is 1.64 bits per heavy atom. The number of nitrogens with one attached hydrogen (secondary N) is 2. The summed E-state index contributed by atoms with van der Waals surface area (Å²) in [6.07, 6.45) is 4.03. The summed E-state index contributed by atoms with van der Waals surface area (Å²) < 4.78 is 37.9. The van der Waals surface area contributed by atoms with Crippen LogP contribution in [-0.2, 0) is 23.4 Å². The number of imidazole rings is 1. The van der Waals surface area contributed by atoms with E-state index < -0.39 is 18.0 Å². The zero-order chi connectivity index (χ0) is 24.9. The molecule has 4 rings (SSSR count). The molecule has 8 heteroatoms. The number of aromatic nitrogens is 2. The molecule has 0 radical (unpaired) electrons. The van der Waals surface area contributed by atoms with E-state index in [0.717, 1.165) is 38.4 Å². The quantitative estimate of drug-likeness (QED) is 0.410. The van der Waals surface area contributed by atoms with Crippen LogP contribution in [0.4, 0.5) is 19.1 Å². The molecular weight excluding hydrogens is 429 g/mol. The van der Waals surface area contributed by atoms with Crippen molar-refractivity contribution in [2.24, 2.45) is 5.41 Å². The summed E-state index contributed by atoms with van der Waals surface area (Å²) in [4.78, 5) is 14.5. The molecule has 0 atom stereocenters. The highest BCUT2D eigenvalue weighted by molar-refractivity contribution is 5.81. The molecule has 1 aliphatic carbocycles. The summed E-state index contributed by atoms with van der Waals surface area (Å²) in [6, 6.07) is 4.50. The minimum Gasteiger partial charge on any atom is -0.359 e. The first-order valence-corrected chi connectivity index (χ1v) is 11.4. The lowest BCUT2D eigenvalue weighted by molar-refractivity contribution is -0.212. The Bertz CT molecular complexity index is 963. The average Bonchev–Trinajstić information content (AvgIpc) is 3.45. The lowest BCUT2D eigenvalue weighted by atomic mass is 9.89. The van der Waals surface area contributed by atoms with Gasteiger partial charge in [-0.2, -0.15) is 13.2 Å². The van der Waals surface area contributed by atoms with Crippen molar-refractivity contribution in [1.29, 1.82) is 0 Å². The van der Waals surface area contributed by atoms with Gasteiger partial charge in [-0.05, 0) is 63.3 Å². The van der Waals surface area contributed by atoms with Crippen molar-refractivity contribution in [3.05, 3.63) is 35.4 Å². The number of fused-ring (bicyclic) bond motifs is 2. The predicted octanol–water partition coefficient (Wildman–Crippen LogP) is 6.33. The number of anilines is 1. The van der Waals surface area contributed by atoms with Crippen molar-refractivity contribution in [3.63, 3.8) is 0 Å². The van der Waals surface area contributed by atoms with Gasteiger partial charge < -0.3 is 20.0 Å². The first kappa shape index (κ1) is 26.9. The molecule has 2 aromatic rings. The third-order valence-electron chi connectivity index (χ3n) is 5.77. The Kier molecular flexibility index (Phi) is 8.74. The van der Waals surface area contributed by atoms with Gasteiger partial charge >= 0.3 is 6.18 Å². The smallest absolute Gasteiger partial charge is 0.359 e. The number of nitrogens with zero attached hydrogens (tertiary/aromatic N) is 2. The summed E-state index contributed by atoms with van der Waals surface area (Å²) in [6.45, 7) is 10.6. The van der Waals surface area contributed by atoms with Crippen LogP contribution in [0.1, 0.15) is 71.4 Å². The number of carbonyl (C=O) groups excluding carboxylic acids is 1. The van der Waals surface area contributed by atoms with Gasteiger partial charge in [0.05, 0.1) is 16.4 Å². The van der Waals surface area contributed by atoms with Crippen LogP contribution in [0.15, 0.2) is 24.3 Å². The molecule has 0 fully saturated rings. The molecule has 2 aliphatic rings. The Morgan fingerprint density at radius 3 is 2.03 bits per heavy atom. The lowest BCUT2D eigenvalue weighted by Crippen LogP contribution is -2.32. The zero-order valence-corrected chi connectivity index (χ0v) is 20.6. The minimum absolute atomic E-state index is 0.0212. The predicted molar refractivity (Wildman–Crippen MR) is 128 cm³/mol. The lowest BCUT2D eigenvalue weighted by Gasteiger charge is -2.24. The van der Waals surface area contributed by atoms with Gasteiger partial charge in [-0.3, -0.25) is 0 Å². The Hall–Kier alpha value is -2.35. The van der Waals surface area contributed by atoms with Crippen LogP contribution < -0.4 is 10.6 Å². The van der Waals surface area contributed by atoms with Crippen LogP contribution in [0.5, 0.6) is 0 Å². The normalized spacial score (nSPS) is 15.4. The molecule has 0 bridgehead atoms. The Morgan fingerprint density at radius 1 is 1.06 bits per heavy atom. The van der Waals surface area contributed by atoms with E-state index in [2.05, 4.69) is 60.3 Å². The van der Waals surface area contributed by atoms with Crippen molar-refractivity contribution in [2.45, 2.75) is 85.1 Å².